The van der Waals surface area contributed by atoms with E-state index in [-0.39, 0.29) is 0 Å². The van der Waals surface area contributed by atoms with Gasteiger partial charge in [-0.3, -0.25) is 0 Å². The van der Waals surface area contributed by atoms with E-state index in [2.05, 4.69) is 54.4 Å². The molecule has 1 aromatic rings. The lowest BCUT2D eigenvalue weighted by molar-refractivity contribution is 0.281. The highest BCUT2D eigenvalue weighted by molar-refractivity contribution is 5.19. The van der Waals surface area contributed by atoms with Crippen molar-refractivity contribution in [1.29, 1.82) is 0 Å². The van der Waals surface area contributed by atoms with Crippen LogP contribution in [0.25, 0.3) is 0 Å². The maximum absolute atomic E-state index is 3.63. The largest absolute Gasteiger partial charge is 0.309 e. The van der Waals surface area contributed by atoms with Crippen molar-refractivity contribution in [3.8, 4) is 0 Å². The first-order valence-corrected chi connectivity index (χ1v) is 7.84. The Morgan fingerprint density at radius 1 is 1.26 bits per heavy atom. The maximum atomic E-state index is 3.63. The molecule has 1 fully saturated rings. The second-order valence-electron chi connectivity index (χ2n) is 5.72. The summed E-state index contributed by atoms with van der Waals surface area (Å²) in [6.45, 7) is 9.25. The minimum atomic E-state index is 0.478. The van der Waals surface area contributed by atoms with Crippen LogP contribution in [-0.4, -0.2) is 31.1 Å². The van der Waals surface area contributed by atoms with E-state index in [4.69, 9.17) is 0 Å². The van der Waals surface area contributed by atoms with E-state index in [1.807, 2.05) is 0 Å². The number of hydrogen-bond acceptors (Lipinski definition) is 2. The molecule has 0 bridgehead atoms. The second kappa shape index (κ2) is 7.66. The van der Waals surface area contributed by atoms with Crippen LogP contribution in [0, 0.1) is 5.92 Å². The van der Waals surface area contributed by atoms with Crippen molar-refractivity contribution in [2.24, 2.45) is 5.92 Å². The van der Waals surface area contributed by atoms with Gasteiger partial charge < -0.3 is 10.2 Å². The first-order valence-electron chi connectivity index (χ1n) is 7.84. The van der Waals surface area contributed by atoms with Gasteiger partial charge in [0.25, 0.3) is 0 Å². The van der Waals surface area contributed by atoms with Gasteiger partial charge in [0.1, 0.15) is 0 Å². The molecule has 0 aromatic heterocycles. The average Bonchev–Trinajstić information content (AvgIpc) is 2.87. The van der Waals surface area contributed by atoms with Gasteiger partial charge >= 0.3 is 0 Å². The zero-order valence-electron chi connectivity index (χ0n) is 12.4. The molecule has 1 N–H and O–H groups in total. The molecule has 2 nitrogen and oxygen atoms in total. The van der Waals surface area contributed by atoms with Gasteiger partial charge in [0.2, 0.25) is 0 Å². The lowest BCUT2D eigenvalue weighted by Crippen LogP contribution is -2.34. The molecule has 2 atom stereocenters. The van der Waals surface area contributed by atoms with Crippen LogP contribution < -0.4 is 5.32 Å². The van der Waals surface area contributed by atoms with Crippen molar-refractivity contribution in [1.82, 2.24) is 10.2 Å². The monoisotopic (exact) mass is 260 g/mol. The van der Waals surface area contributed by atoms with Crippen LogP contribution in [0.5, 0.6) is 0 Å². The molecule has 106 valence electrons. The van der Waals surface area contributed by atoms with Crippen molar-refractivity contribution in [3.05, 3.63) is 35.9 Å². The van der Waals surface area contributed by atoms with Crippen LogP contribution in [-0.2, 0) is 0 Å². The minimum absolute atomic E-state index is 0.478. The third-order valence-electron chi connectivity index (χ3n) is 4.16. The SMILES string of the molecule is CCCC1CCN(CC(NCC)c2ccccc2)C1. The molecular formula is C17H28N2. The fourth-order valence-electron chi connectivity index (χ4n) is 3.20. The molecule has 0 spiro atoms. The van der Waals surface area contributed by atoms with Crippen LogP contribution in [0.2, 0.25) is 0 Å². The van der Waals surface area contributed by atoms with E-state index in [9.17, 15) is 0 Å². The summed E-state index contributed by atoms with van der Waals surface area (Å²) in [6, 6.07) is 11.3. The molecular weight excluding hydrogens is 232 g/mol. The van der Waals surface area contributed by atoms with Crippen LogP contribution in [0.3, 0.4) is 0 Å². The van der Waals surface area contributed by atoms with E-state index in [1.165, 1.54) is 37.9 Å². The number of nitrogens with one attached hydrogen (secondary N) is 1. The second-order valence-corrected chi connectivity index (χ2v) is 5.72. The molecule has 0 saturated carbocycles. The zero-order valence-corrected chi connectivity index (χ0v) is 12.4. The molecule has 0 amide bonds. The highest BCUT2D eigenvalue weighted by Crippen LogP contribution is 2.23. The molecule has 19 heavy (non-hydrogen) atoms. The predicted molar refractivity (Wildman–Crippen MR) is 82.3 cm³/mol. The van der Waals surface area contributed by atoms with Crippen LogP contribution in [0.1, 0.15) is 44.7 Å². The third kappa shape index (κ3) is 4.32. The van der Waals surface area contributed by atoms with E-state index >= 15 is 0 Å². The van der Waals surface area contributed by atoms with Gasteiger partial charge in [0.05, 0.1) is 0 Å². The maximum Gasteiger partial charge on any atom is 0.0449 e. The summed E-state index contributed by atoms with van der Waals surface area (Å²) in [6.07, 6.45) is 4.11. The molecule has 2 unspecified atom stereocenters. The highest BCUT2D eigenvalue weighted by Gasteiger charge is 2.24. The van der Waals surface area contributed by atoms with Crippen LogP contribution in [0.4, 0.5) is 0 Å². The Kier molecular flexibility index (Phi) is 5.87. The summed E-state index contributed by atoms with van der Waals surface area (Å²) in [4.78, 5) is 2.64. The Morgan fingerprint density at radius 3 is 2.74 bits per heavy atom. The number of likely N-dealkylation sites (tertiary alicyclic amines) is 1. The Bertz CT molecular complexity index is 350. The lowest BCUT2D eigenvalue weighted by atomic mass is 10.0. The molecule has 1 aliphatic rings. The van der Waals surface area contributed by atoms with Gasteiger partial charge in [-0.1, -0.05) is 50.6 Å². The van der Waals surface area contributed by atoms with Gasteiger partial charge in [-0.2, -0.15) is 0 Å². The summed E-state index contributed by atoms with van der Waals surface area (Å²) in [5.41, 5.74) is 1.42. The molecule has 1 saturated heterocycles. The molecule has 1 heterocycles. The highest BCUT2D eigenvalue weighted by atomic mass is 15.2. The smallest absolute Gasteiger partial charge is 0.0449 e. The quantitative estimate of drug-likeness (QED) is 0.807. The normalized spacial score (nSPS) is 21.7. The number of rotatable bonds is 7. The minimum Gasteiger partial charge on any atom is -0.309 e. The number of nitrogens with zero attached hydrogens (tertiary/aromatic N) is 1. The topological polar surface area (TPSA) is 15.3 Å². The van der Waals surface area contributed by atoms with Crippen molar-refractivity contribution >= 4 is 0 Å². The molecule has 0 aliphatic carbocycles. The molecule has 1 aliphatic heterocycles. The predicted octanol–water partition coefficient (Wildman–Crippen LogP) is 3.46. The Labute approximate surface area is 118 Å². The molecule has 2 heteroatoms. The van der Waals surface area contributed by atoms with E-state index in [0.29, 0.717) is 6.04 Å². The van der Waals surface area contributed by atoms with Gasteiger partial charge in [-0.05, 0) is 37.4 Å². The molecule has 0 radical (unpaired) electrons. The van der Waals surface area contributed by atoms with E-state index in [0.717, 1.165) is 19.0 Å². The number of hydrogen-bond donors (Lipinski definition) is 1. The Hall–Kier alpha value is -0.860. The van der Waals surface area contributed by atoms with Gasteiger partial charge in [-0.15, -0.1) is 0 Å². The van der Waals surface area contributed by atoms with Crippen molar-refractivity contribution in [2.75, 3.05) is 26.2 Å². The first kappa shape index (κ1) is 14.5. The zero-order chi connectivity index (χ0) is 13.5. The first-order chi connectivity index (χ1) is 9.33. The van der Waals surface area contributed by atoms with Crippen molar-refractivity contribution < 1.29 is 0 Å². The molecule has 2 rings (SSSR count). The number of benzene rings is 1. The van der Waals surface area contributed by atoms with Crippen molar-refractivity contribution in [2.45, 2.75) is 39.2 Å². The Morgan fingerprint density at radius 2 is 2.05 bits per heavy atom. The van der Waals surface area contributed by atoms with Crippen LogP contribution >= 0.6 is 0 Å². The fourth-order valence-corrected chi connectivity index (χ4v) is 3.20. The van der Waals surface area contributed by atoms with Gasteiger partial charge in [-0.25, -0.2) is 0 Å². The summed E-state index contributed by atoms with van der Waals surface area (Å²) >= 11 is 0. The van der Waals surface area contributed by atoms with Gasteiger partial charge in [0, 0.05) is 19.1 Å². The lowest BCUT2D eigenvalue weighted by Gasteiger charge is -2.25. The summed E-state index contributed by atoms with van der Waals surface area (Å²) in [7, 11) is 0. The van der Waals surface area contributed by atoms with E-state index in [1.54, 1.807) is 0 Å². The third-order valence-corrected chi connectivity index (χ3v) is 4.16. The standard InChI is InChI=1S/C17H28N2/c1-3-8-15-11-12-19(13-15)14-17(18-4-2)16-9-6-5-7-10-16/h5-7,9-10,15,17-18H,3-4,8,11-14H2,1-2H3. The fraction of sp³-hybridized carbons (Fsp3) is 0.647. The van der Waals surface area contributed by atoms with Crippen molar-refractivity contribution in [3.63, 3.8) is 0 Å². The summed E-state index contributed by atoms with van der Waals surface area (Å²) < 4.78 is 0. The number of likely N-dealkylation sites (N-methyl/N-ethyl adjacent to an activating group) is 1. The summed E-state index contributed by atoms with van der Waals surface area (Å²) in [5, 5.41) is 3.63. The Balaban J connectivity index is 1.91. The van der Waals surface area contributed by atoms with Crippen LogP contribution in [0.15, 0.2) is 30.3 Å². The summed E-state index contributed by atoms with van der Waals surface area (Å²) in [5.74, 6) is 0.933. The average molecular weight is 260 g/mol. The van der Waals surface area contributed by atoms with Gasteiger partial charge in [0.15, 0.2) is 0 Å². The van der Waals surface area contributed by atoms with E-state index < -0.39 is 0 Å². The molecule has 1 aromatic carbocycles.